The maximum Gasteiger partial charge on any atom is 0.153 e. The molecule has 0 bridgehead atoms. The van der Waals surface area contributed by atoms with Crippen LogP contribution >= 0.6 is 11.8 Å². The van der Waals surface area contributed by atoms with Crippen LogP contribution in [-0.4, -0.2) is 17.8 Å². The summed E-state index contributed by atoms with van der Waals surface area (Å²) in [5.41, 5.74) is 0.531. The van der Waals surface area contributed by atoms with E-state index in [1.54, 1.807) is 30.0 Å². The van der Waals surface area contributed by atoms with Crippen LogP contribution in [0.2, 0.25) is 0 Å². The first-order chi connectivity index (χ1) is 8.71. The fourth-order valence-electron chi connectivity index (χ4n) is 1.44. The van der Waals surface area contributed by atoms with Crippen LogP contribution in [-0.2, 0) is 0 Å². The van der Waals surface area contributed by atoms with Gasteiger partial charge in [0.15, 0.2) is 6.29 Å². The normalized spacial score (nSPS) is 12.3. The highest BCUT2D eigenvalue weighted by Crippen LogP contribution is 2.19. The zero-order valence-electron chi connectivity index (χ0n) is 10.8. The van der Waals surface area contributed by atoms with Gasteiger partial charge in [0.2, 0.25) is 0 Å². The predicted octanol–water partition coefficient (Wildman–Crippen LogP) is 4.09. The molecule has 0 saturated carbocycles. The quantitative estimate of drug-likeness (QED) is 0.420. The Kier molecular flexibility index (Phi) is 6.29. The summed E-state index contributed by atoms with van der Waals surface area (Å²) < 4.78 is 5.55. The molecule has 96 valence electrons. The smallest absolute Gasteiger partial charge is 0.153 e. The van der Waals surface area contributed by atoms with Crippen LogP contribution in [0.4, 0.5) is 0 Å². The maximum absolute atomic E-state index is 10.8. The summed E-state index contributed by atoms with van der Waals surface area (Å²) in [6, 6.07) is 7.11. The summed E-state index contributed by atoms with van der Waals surface area (Å²) in [7, 11) is 0. The highest BCUT2D eigenvalue weighted by atomic mass is 32.2. The van der Waals surface area contributed by atoms with Crippen molar-refractivity contribution in [2.45, 2.75) is 18.6 Å². The van der Waals surface area contributed by atoms with E-state index < -0.39 is 0 Å². The molecule has 0 radical (unpaired) electrons. The number of aldehydes is 1. The van der Waals surface area contributed by atoms with Gasteiger partial charge in [0.05, 0.1) is 5.56 Å². The molecule has 1 aromatic carbocycles. The van der Waals surface area contributed by atoms with Gasteiger partial charge in [-0.25, -0.2) is 0 Å². The third-order valence-corrected chi connectivity index (χ3v) is 3.58. The van der Waals surface area contributed by atoms with Crippen molar-refractivity contribution in [1.82, 2.24) is 0 Å². The van der Waals surface area contributed by atoms with Gasteiger partial charge in [0.25, 0.3) is 0 Å². The number of rotatable bonds is 7. The standard InChI is InChI=1S/C15H18O2S/c1-4-14(18-3)10-9-12(2)17-15-8-6-5-7-13(15)11-16/h5-11,14H,2,4H2,1,3H3/b10-9-. The molecule has 0 aliphatic rings. The summed E-state index contributed by atoms with van der Waals surface area (Å²) in [6.45, 7) is 5.97. The minimum atomic E-state index is 0.465. The van der Waals surface area contributed by atoms with Gasteiger partial charge >= 0.3 is 0 Å². The molecule has 0 aliphatic heterocycles. The van der Waals surface area contributed by atoms with E-state index >= 15 is 0 Å². The van der Waals surface area contributed by atoms with Gasteiger partial charge in [-0.2, -0.15) is 11.8 Å². The lowest BCUT2D eigenvalue weighted by Crippen LogP contribution is -1.97. The van der Waals surface area contributed by atoms with Crippen LogP contribution in [0.25, 0.3) is 0 Å². The first-order valence-electron chi connectivity index (χ1n) is 5.83. The minimum absolute atomic E-state index is 0.465. The van der Waals surface area contributed by atoms with Crippen LogP contribution in [0, 0.1) is 0 Å². The second-order valence-electron chi connectivity index (χ2n) is 3.77. The zero-order valence-corrected chi connectivity index (χ0v) is 11.6. The van der Waals surface area contributed by atoms with Crippen molar-refractivity contribution in [3.05, 3.63) is 54.3 Å². The van der Waals surface area contributed by atoms with Gasteiger partial charge in [-0.05, 0) is 30.9 Å². The molecule has 0 fully saturated rings. The van der Waals surface area contributed by atoms with Crippen molar-refractivity contribution in [1.29, 1.82) is 0 Å². The maximum atomic E-state index is 10.8. The monoisotopic (exact) mass is 262 g/mol. The molecule has 0 N–H and O–H groups in total. The van der Waals surface area contributed by atoms with E-state index in [0.717, 1.165) is 12.7 Å². The minimum Gasteiger partial charge on any atom is -0.457 e. The topological polar surface area (TPSA) is 26.3 Å². The van der Waals surface area contributed by atoms with Gasteiger partial charge in [-0.15, -0.1) is 0 Å². The molecule has 2 nitrogen and oxygen atoms in total. The number of para-hydroxylation sites is 1. The Morgan fingerprint density at radius 2 is 2.22 bits per heavy atom. The van der Waals surface area contributed by atoms with Gasteiger partial charge in [0.1, 0.15) is 11.5 Å². The third-order valence-electron chi connectivity index (χ3n) is 2.49. The van der Waals surface area contributed by atoms with Crippen LogP contribution in [0.5, 0.6) is 5.75 Å². The van der Waals surface area contributed by atoms with E-state index in [0.29, 0.717) is 22.3 Å². The highest BCUT2D eigenvalue weighted by molar-refractivity contribution is 7.99. The fraction of sp³-hybridized carbons (Fsp3) is 0.267. The molecule has 1 unspecified atom stereocenters. The highest BCUT2D eigenvalue weighted by Gasteiger charge is 2.03. The Labute approximate surface area is 113 Å². The summed E-state index contributed by atoms with van der Waals surface area (Å²) >= 11 is 1.79. The largest absolute Gasteiger partial charge is 0.457 e. The Morgan fingerprint density at radius 1 is 1.50 bits per heavy atom. The van der Waals surface area contributed by atoms with E-state index in [9.17, 15) is 4.79 Å². The van der Waals surface area contributed by atoms with E-state index in [4.69, 9.17) is 4.74 Å². The molecule has 18 heavy (non-hydrogen) atoms. The van der Waals surface area contributed by atoms with Crippen LogP contribution in [0.3, 0.4) is 0 Å². The molecular weight excluding hydrogens is 244 g/mol. The molecular formula is C15H18O2S. The number of carbonyl (C=O) groups excluding carboxylic acids is 1. The van der Waals surface area contributed by atoms with Crippen molar-refractivity contribution in [2.24, 2.45) is 0 Å². The first kappa shape index (κ1) is 14.6. The number of allylic oxidation sites excluding steroid dienone is 1. The Morgan fingerprint density at radius 3 is 2.83 bits per heavy atom. The first-order valence-corrected chi connectivity index (χ1v) is 7.12. The van der Waals surface area contributed by atoms with Crippen molar-refractivity contribution in [3.8, 4) is 5.75 Å². The van der Waals surface area contributed by atoms with Crippen molar-refractivity contribution in [3.63, 3.8) is 0 Å². The summed E-state index contributed by atoms with van der Waals surface area (Å²) in [6.07, 6.45) is 7.84. The van der Waals surface area contributed by atoms with Crippen molar-refractivity contribution in [2.75, 3.05) is 6.26 Å². The van der Waals surface area contributed by atoms with Gasteiger partial charge in [-0.1, -0.05) is 31.7 Å². The molecule has 0 aromatic heterocycles. The molecule has 0 saturated heterocycles. The van der Waals surface area contributed by atoms with Crippen LogP contribution < -0.4 is 4.74 Å². The second kappa shape index (κ2) is 7.77. The van der Waals surface area contributed by atoms with Crippen molar-refractivity contribution >= 4 is 18.0 Å². The predicted molar refractivity (Wildman–Crippen MR) is 78.3 cm³/mol. The number of benzene rings is 1. The number of ether oxygens (including phenoxy) is 1. The molecule has 0 aliphatic carbocycles. The molecule has 0 spiro atoms. The van der Waals surface area contributed by atoms with Crippen LogP contribution in [0.1, 0.15) is 23.7 Å². The van der Waals surface area contributed by atoms with Crippen LogP contribution in [0.15, 0.2) is 48.8 Å². The number of hydrogen-bond acceptors (Lipinski definition) is 3. The van der Waals surface area contributed by atoms with E-state index in [1.807, 2.05) is 12.1 Å². The van der Waals surface area contributed by atoms with Gasteiger partial charge in [0, 0.05) is 5.25 Å². The molecule has 0 heterocycles. The average Bonchev–Trinajstić information content (AvgIpc) is 2.40. The van der Waals surface area contributed by atoms with Gasteiger partial charge < -0.3 is 4.74 Å². The Balaban J connectivity index is 2.67. The summed E-state index contributed by atoms with van der Waals surface area (Å²) in [5.74, 6) is 1.08. The summed E-state index contributed by atoms with van der Waals surface area (Å²) in [5, 5.41) is 0.465. The van der Waals surface area contributed by atoms with Crippen molar-refractivity contribution < 1.29 is 9.53 Å². The lowest BCUT2D eigenvalue weighted by atomic mass is 10.2. The molecule has 1 atom stereocenters. The lowest BCUT2D eigenvalue weighted by molar-refractivity contribution is 0.112. The number of carbonyl (C=O) groups is 1. The lowest BCUT2D eigenvalue weighted by Gasteiger charge is -2.09. The van der Waals surface area contributed by atoms with E-state index in [-0.39, 0.29) is 0 Å². The third kappa shape index (κ3) is 4.41. The van der Waals surface area contributed by atoms with E-state index in [2.05, 4.69) is 25.8 Å². The summed E-state index contributed by atoms with van der Waals surface area (Å²) in [4.78, 5) is 10.8. The van der Waals surface area contributed by atoms with Gasteiger partial charge in [-0.3, -0.25) is 4.79 Å². The second-order valence-corrected chi connectivity index (χ2v) is 4.84. The molecule has 0 amide bonds. The Bertz CT molecular complexity index is 434. The SMILES string of the molecule is C=C(/C=C\C(CC)SC)Oc1ccccc1C=O. The molecule has 1 aromatic rings. The molecule has 3 heteroatoms. The van der Waals surface area contributed by atoms with E-state index in [1.165, 1.54) is 0 Å². The molecule has 1 rings (SSSR count). The number of thioether (sulfide) groups is 1. The fourth-order valence-corrected chi connectivity index (χ4v) is 2.01. The average molecular weight is 262 g/mol. The zero-order chi connectivity index (χ0) is 13.4. The Hall–Kier alpha value is -1.48. The number of hydrogen-bond donors (Lipinski definition) is 0.